The molecule has 1 saturated heterocycles. The van der Waals surface area contributed by atoms with Gasteiger partial charge in [-0.05, 0) is 23.7 Å². The lowest BCUT2D eigenvalue weighted by Gasteiger charge is -2.36. The van der Waals surface area contributed by atoms with E-state index in [1.54, 1.807) is 4.90 Å². The van der Waals surface area contributed by atoms with E-state index in [1.165, 1.54) is 6.92 Å². The fourth-order valence-corrected chi connectivity index (χ4v) is 3.86. The molecule has 156 valence electrons. The highest BCUT2D eigenvalue weighted by Gasteiger charge is 2.43. The van der Waals surface area contributed by atoms with Crippen molar-refractivity contribution in [3.63, 3.8) is 0 Å². The summed E-state index contributed by atoms with van der Waals surface area (Å²) in [4.78, 5) is 25.9. The van der Waals surface area contributed by atoms with Crippen molar-refractivity contribution in [2.45, 2.75) is 71.2 Å². The molecule has 1 aromatic carbocycles. The standard InChI is InChI=1S/C21H33NO5Si/c1-16(23)27-19-14-18(25-15-17-10-8-7-9-11-17)20(24)22(19)12-13-26-28(5,6)21(2,3)4/h7-11,18-19H,12-15H2,1-6H3/t18-,19?/m0/s1. The molecule has 0 spiro atoms. The number of esters is 1. The first-order valence-electron chi connectivity index (χ1n) is 9.78. The molecular formula is C21H33NO5Si. The van der Waals surface area contributed by atoms with E-state index in [4.69, 9.17) is 13.9 Å². The quantitative estimate of drug-likeness (QED) is 0.485. The molecule has 0 radical (unpaired) electrons. The van der Waals surface area contributed by atoms with E-state index in [-0.39, 0.29) is 10.9 Å². The summed E-state index contributed by atoms with van der Waals surface area (Å²) in [6, 6.07) is 9.70. The van der Waals surface area contributed by atoms with Gasteiger partial charge in [0.25, 0.3) is 5.91 Å². The van der Waals surface area contributed by atoms with E-state index in [1.807, 2.05) is 30.3 Å². The Kier molecular flexibility index (Phi) is 7.42. The largest absolute Gasteiger partial charge is 0.442 e. The SMILES string of the molecule is CC(=O)OC1C[C@H](OCc2ccccc2)C(=O)N1CCO[Si](C)(C)C(C)(C)C. The molecule has 28 heavy (non-hydrogen) atoms. The molecule has 0 aliphatic carbocycles. The van der Waals surface area contributed by atoms with Crippen LogP contribution < -0.4 is 0 Å². The lowest BCUT2D eigenvalue weighted by atomic mass is 10.2. The van der Waals surface area contributed by atoms with Crippen LogP contribution in [0.1, 0.15) is 39.7 Å². The maximum Gasteiger partial charge on any atom is 0.304 e. The van der Waals surface area contributed by atoms with Gasteiger partial charge in [-0.15, -0.1) is 0 Å². The van der Waals surface area contributed by atoms with Gasteiger partial charge in [-0.2, -0.15) is 0 Å². The predicted octanol–water partition coefficient (Wildman–Crippen LogP) is 3.72. The fraction of sp³-hybridized carbons (Fsp3) is 0.619. The van der Waals surface area contributed by atoms with Gasteiger partial charge < -0.3 is 18.8 Å². The van der Waals surface area contributed by atoms with Crippen LogP contribution in [0.15, 0.2) is 30.3 Å². The molecule has 1 heterocycles. The fourth-order valence-electron chi connectivity index (χ4n) is 2.82. The van der Waals surface area contributed by atoms with Crippen LogP contribution in [0.3, 0.4) is 0 Å². The number of amides is 1. The van der Waals surface area contributed by atoms with Crippen molar-refractivity contribution in [1.82, 2.24) is 4.90 Å². The maximum atomic E-state index is 12.8. The highest BCUT2D eigenvalue weighted by Crippen LogP contribution is 2.36. The van der Waals surface area contributed by atoms with Crippen LogP contribution in [-0.4, -0.2) is 50.6 Å². The third-order valence-electron chi connectivity index (χ3n) is 5.52. The number of carbonyl (C=O) groups is 2. The Labute approximate surface area is 169 Å². The molecule has 1 fully saturated rings. The van der Waals surface area contributed by atoms with Crippen molar-refractivity contribution in [3.05, 3.63) is 35.9 Å². The van der Waals surface area contributed by atoms with Gasteiger partial charge in [0.05, 0.1) is 13.2 Å². The minimum Gasteiger partial charge on any atom is -0.442 e. The number of carbonyl (C=O) groups excluding carboxylic acids is 2. The van der Waals surface area contributed by atoms with Crippen molar-refractivity contribution in [3.8, 4) is 0 Å². The highest BCUT2D eigenvalue weighted by atomic mass is 28.4. The molecule has 1 aromatic rings. The molecule has 1 aliphatic rings. The number of benzene rings is 1. The molecule has 1 unspecified atom stereocenters. The van der Waals surface area contributed by atoms with E-state index in [0.717, 1.165) is 5.56 Å². The average molecular weight is 408 g/mol. The zero-order valence-electron chi connectivity index (χ0n) is 17.9. The normalized spacial score (nSPS) is 20.5. The first kappa shape index (κ1) is 22.6. The smallest absolute Gasteiger partial charge is 0.304 e. The average Bonchev–Trinajstić information content (AvgIpc) is 2.88. The number of ether oxygens (including phenoxy) is 2. The zero-order valence-corrected chi connectivity index (χ0v) is 18.9. The zero-order chi connectivity index (χ0) is 20.9. The third-order valence-corrected chi connectivity index (χ3v) is 10.1. The van der Waals surface area contributed by atoms with Crippen LogP contribution in [0.2, 0.25) is 18.1 Å². The summed E-state index contributed by atoms with van der Waals surface area (Å²) < 4.78 is 17.4. The van der Waals surface area contributed by atoms with Crippen molar-refractivity contribution in [2.24, 2.45) is 0 Å². The molecule has 0 aromatic heterocycles. The van der Waals surface area contributed by atoms with Gasteiger partial charge in [0.2, 0.25) is 0 Å². The van der Waals surface area contributed by atoms with Crippen LogP contribution in [0.25, 0.3) is 0 Å². The summed E-state index contributed by atoms with van der Waals surface area (Å²) in [6.45, 7) is 13.4. The van der Waals surface area contributed by atoms with Gasteiger partial charge >= 0.3 is 5.97 Å². The number of rotatable bonds is 8. The molecule has 0 N–H and O–H groups in total. The third kappa shape index (κ3) is 5.89. The Morgan fingerprint density at radius 1 is 1.21 bits per heavy atom. The number of likely N-dealkylation sites (tertiary alicyclic amines) is 1. The van der Waals surface area contributed by atoms with Gasteiger partial charge in [-0.3, -0.25) is 9.59 Å². The Bertz CT molecular complexity index is 671. The Balaban J connectivity index is 1.97. The highest BCUT2D eigenvalue weighted by molar-refractivity contribution is 6.74. The second-order valence-electron chi connectivity index (χ2n) is 8.73. The molecule has 0 bridgehead atoms. The molecule has 1 aliphatic heterocycles. The topological polar surface area (TPSA) is 65.1 Å². The summed E-state index contributed by atoms with van der Waals surface area (Å²) in [5.41, 5.74) is 0.999. The minimum absolute atomic E-state index is 0.0959. The Hall–Kier alpha value is -1.70. The van der Waals surface area contributed by atoms with Gasteiger partial charge in [0.1, 0.15) is 6.10 Å². The van der Waals surface area contributed by atoms with Crippen LogP contribution in [0.4, 0.5) is 0 Å². The van der Waals surface area contributed by atoms with E-state index < -0.39 is 26.6 Å². The van der Waals surface area contributed by atoms with Crippen LogP contribution in [0.5, 0.6) is 0 Å². The molecule has 7 heteroatoms. The Morgan fingerprint density at radius 3 is 2.43 bits per heavy atom. The summed E-state index contributed by atoms with van der Waals surface area (Å²) in [5.74, 6) is -0.558. The number of hydrogen-bond donors (Lipinski definition) is 0. The lowest BCUT2D eigenvalue weighted by Crippen LogP contribution is -2.45. The van der Waals surface area contributed by atoms with Crippen molar-refractivity contribution in [1.29, 1.82) is 0 Å². The molecule has 6 nitrogen and oxygen atoms in total. The molecule has 2 atom stereocenters. The van der Waals surface area contributed by atoms with E-state index in [9.17, 15) is 9.59 Å². The van der Waals surface area contributed by atoms with Gasteiger partial charge in [-0.1, -0.05) is 51.1 Å². The van der Waals surface area contributed by atoms with Gasteiger partial charge in [0.15, 0.2) is 14.5 Å². The molecule has 2 rings (SSSR count). The van der Waals surface area contributed by atoms with E-state index in [2.05, 4.69) is 33.9 Å². The first-order valence-corrected chi connectivity index (χ1v) is 12.7. The predicted molar refractivity (Wildman–Crippen MR) is 110 cm³/mol. The van der Waals surface area contributed by atoms with Crippen LogP contribution in [-0.2, 0) is 30.1 Å². The molecule has 1 amide bonds. The molecular weight excluding hydrogens is 374 g/mol. The second kappa shape index (κ2) is 9.20. The first-order chi connectivity index (χ1) is 13.0. The van der Waals surface area contributed by atoms with Crippen molar-refractivity contribution >= 4 is 20.2 Å². The number of hydrogen-bond acceptors (Lipinski definition) is 5. The van der Waals surface area contributed by atoms with Gasteiger partial charge in [0, 0.05) is 19.9 Å². The summed E-state index contributed by atoms with van der Waals surface area (Å²) in [5, 5.41) is 0.0959. The summed E-state index contributed by atoms with van der Waals surface area (Å²) in [7, 11) is -1.91. The Morgan fingerprint density at radius 2 is 1.86 bits per heavy atom. The van der Waals surface area contributed by atoms with Crippen LogP contribution >= 0.6 is 0 Å². The lowest BCUT2D eigenvalue weighted by molar-refractivity contribution is -0.157. The van der Waals surface area contributed by atoms with Gasteiger partial charge in [-0.25, -0.2) is 0 Å². The van der Waals surface area contributed by atoms with E-state index in [0.29, 0.717) is 26.2 Å². The van der Waals surface area contributed by atoms with Crippen molar-refractivity contribution in [2.75, 3.05) is 13.2 Å². The maximum absolute atomic E-state index is 12.8. The van der Waals surface area contributed by atoms with Crippen molar-refractivity contribution < 1.29 is 23.5 Å². The van der Waals surface area contributed by atoms with Crippen LogP contribution in [0, 0.1) is 0 Å². The monoisotopic (exact) mass is 407 g/mol. The second-order valence-corrected chi connectivity index (χ2v) is 13.5. The molecule has 0 saturated carbocycles. The minimum atomic E-state index is -1.91. The number of nitrogens with zero attached hydrogens (tertiary/aromatic N) is 1. The van der Waals surface area contributed by atoms with E-state index >= 15 is 0 Å². The summed E-state index contributed by atoms with van der Waals surface area (Å²) in [6.07, 6.45) is -0.878. The summed E-state index contributed by atoms with van der Waals surface area (Å²) >= 11 is 0.